The predicted molar refractivity (Wildman–Crippen MR) is 80.1 cm³/mol. The predicted octanol–water partition coefficient (Wildman–Crippen LogP) is 2.74. The molecule has 0 spiro atoms. The highest BCUT2D eigenvalue weighted by Crippen LogP contribution is 2.19. The molecule has 0 saturated carbocycles. The first-order valence-corrected chi connectivity index (χ1v) is 8.31. The van der Waals surface area contributed by atoms with Crippen molar-refractivity contribution in [3.8, 4) is 0 Å². The lowest BCUT2D eigenvalue weighted by molar-refractivity contribution is -0.132. The first-order valence-electron chi connectivity index (χ1n) is 7.19. The van der Waals surface area contributed by atoms with Crippen molar-refractivity contribution in [3.63, 3.8) is 0 Å². The zero-order valence-electron chi connectivity index (χ0n) is 11.8. The fraction of sp³-hybridized carbons (Fsp3) is 0.929. The van der Waals surface area contributed by atoms with E-state index in [-0.39, 0.29) is 0 Å². The molecule has 1 amide bonds. The first-order chi connectivity index (χ1) is 8.67. The highest BCUT2D eigenvalue weighted by atomic mass is 79.9. The molecular weight excluding hydrogens is 292 g/mol. The van der Waals surface area contributed by atoms with Gasteiger partial charge in [0.15, 0.2) is 0 Å². The van der Waals surface area contributed by atoms with Crippen LogP contribution < -0.4 is 0 Å². The Balaban J connectivity index is 2.20. The van der Waals surface area contributed by atoms with Gasteiger partial charge in [-0.2, -0.15) is 0 Å². The molecule has 0 bridgehead atoms. The van der Waals surface area contributed by atoms with Gasteiger partial charge >= 0.3 is 0 Å². The highest BCUT2D eigenvalue weighted by molar-refractivity contribution is 9.09. The van der Waals surface area contributed by atoms with E-state index in [9.17, 15) is 4.79 Å². The molecule has 18 heavy (non-hydrogen) atoms. The van der Waals surface area contributed by atoms with E-state index < -0.39 is 0 Å². The average molecular weight is 319 g/mol. The molecule has 0 atom stereocenters. The molecule has 0 aromatic carbocycles. The molecule has 0 aromatic rings. The summed E-state index contributed by atoms with van der Waals surface area (Å²) in [7, 11) is 2.22. The Morgan fingerprint density at radius 2 is 2.06 bits per heavy atom. The number of rotatable bonds is 7. The molecule has 0 radical (unpaired) electrons. The molecule has 1 fully saturated rings. The molecule has 4 heteroatoms. The molecule has 106 valence electrons. The quantitative estimate of drug-likeness (QED) is 0.674. The fourth-order valence-electron chi connectivity index (χ4n) is 2.56. The van der Waals surface area contributed by atoms with Gasteiger partial charge in [-0.05, 0) is 38.8 Å². The van der Waals surface area contributed by atoms with E-state index in [1.165, 1.54) is 38.8 Å². The summed E-state index contributed by atoms with van der Waals surface area (Å²) < 4.78 is 0. The molecule has 3 nitrogen and oxygen atoms in total. The fourth-order valence-corrected chi connectivity index (χ4v) is 2.90. The number of alkyl halides is 1. The summed E-state index contributed by atoms with van der Waals surface area (Å²) >= 11 is 3.33. The number of halogens is 1. The van der Waals surface area contributed by atoms with Gasteiger partial charge in [0.05, 0.1) is 0 Å². The van der Waals surface area contributed by atoms with Crippen molar-refractivity contribution in [2.24, 2.45) is 5.92 Å². The van der Waals surface area contributed by atoms with Crippen LogP contribution in [0.15, 0.2) is 0 Å². The summed E-state index contributed by atoms with van der Waals surface area (Å²) in [6, 6.07) is 0. The average Bonchev–Trinajstić information content (AvgIpc) is 2.37. The summed E-state index contributed by atoms with van der Waals surface area (Å²) in [5, 5.41) is 0.783. The zero-order valence-corrected chi connectivity index (χ0v) is 13.4. The lowest BCUT2D eigenvalue weighted by Gasteiger charge is -2.34. The SMILES string of the molecule is CCCCN(C)CC1CCN(C(=O)CCBr)CC1. The number of hydrogen-bond donors (Lipinski definition) is 0. The second-order valence-corrected chi connectivity index (χ2v) is 6.17. The van der Waals surface area contributed by atoms with Crippen LogP contribution in [0.5, 0.6) is 0 Å². The van der Waals surface area contributed by atoms with Crippen LogP contribution in [-0.4, -0.2) is 54.3 Å². The molecule has 1 saturated heterocycles. The second-order valence-electron chi connectivity index (χ2n) is 5.38. The molecule has 0 aliphatic carbocycles. The Hall–Kier alpha value is -0.0900. The number of nitrogens with zero attached hydrogens (tertiary/aromatic N) is 2. The summed E-state index contributed by atoms with van der Waals surface area (Å²) in [6.45, 7) is 6.55. The van der Waals surface area contributed by atoms with Crippen LogP contribution in [0.2, 0.25) is 0 Å². The van der Waals surface area contributed by atoms with Gasteiger partial charge in [0.1, 0.15) is 0 Å². The minimum atomic E-state index is 0.310. The van der Waals surface area contributed by atoms with Gasteiger partial charge in [-0.1, -0.05) is 29.3 Å². The smallest absolute Gasteiger partial charge is 0.223 e. The first kappa shape index (κ1) is 16.0. The Morgan fingerprint density at radius 1 is 1.39 bits per heavy atom. The van der Waals surface area contributed by atoms with Gasteiger partial charge in [0.25, 0.3) is 0 Å². The lowest BCUT2D eigenvalue weighted by atomic mass is 9.96. The molecular formula is C14H27BrN2O. The topological polar surface area (TPSA) is 23.6 Å². The van der Waals surface area contributed by atoms with Crippen molar-refractivity contribution in [1.82, 2.24) is 9.80 Å². The molecule has 1 aliphatic rings. The highest BCUT2D eigenvalue weighted by Gasteiger charge is 2.22. The van der Waals surface area contributed by atoms with Crippen molar-refractivity contribution in [3.05, 3.63) is 0 Å². The maximum absolute atomic E-state index is 11.8. The van der Waals surface area contributed by atoms with Crippen LogP contribution in [0.25, 0.3) is 0 Å². The third-order valence-electron chi connectivity index (χ3n) is 3.74. The summed E-state index contributed by atoms with van der Waals surface area (Å²) in [4.78, 5) is 16.2. The van der Waals surface area contributed by atoms with Gasteiger partial charge in [-0.15, -0.1) is 0 Å². The van der Waals surface area contributed by atoms with Gasteiger partial charge < -0.3 is 9.80 Å². The van der Waals surface area contributed by atoms with Crippen molar-refractivity contribution in [2.45, 2.75) is 39.0 Å². The molecule has 0 unspecified atom stereocenters. The monoisotopic (exact) mass is 318 g/mol. The second kappa shape index (κ2) is 8.92. The minimum absolute atomic E-state index is 0.310. The van der Waals surface area contributed by atoms with Gasteiger partial charge in [-0.3, -0.25) is 4.79 Å². The van der Waals surface area contributed by atoms with Crippen LogP contribution in [0, 0.1) is 5.92 Å². The van der Waals surface area contributed by atoms with Crippen molar-refractivity contribution < 1.29 is 4.79 Å². The van der Waals surface area contributed by atoms with E-state index in [1.54, 1.807) is 0 Å². The maximum atomic E-state index is 11.8. The number of unbranched alkanes of at least 4 members (excludes halogenated alkanes) is 1. The summed E-state index contributed by atoms with van der Waals surface area (Å²) in [6.07, 6.45) is 5.54. The lowest BCUT2D eigenvalue weighted by Crippen LogP contribution is -2.41. The van der Waals surface area contributed by atoms with Crippen LogP contribution in [0.3, 0.4) is 0 Å². The third-order valence-corrected chi connectivity index (χ3v) is 4.14. The van der Waals surface area contributed by atoms with Crippen molar-refractivity contribution in [2.75, 3.05) is 38.6 Å². The van der Waals surface area contributed by atoms with E-state index in [4.69, 9.17) is 0 Å². The third kappa shape index (κ3) is 5.70. The van der Waals surface area contributed by atoms with Crippen LogP contribution >= 0.6 is 15.9 Å². The molecule has 0 N–H and O–H groups in total. The van der Waals surface area contributed by atoms with Gasteiger partial charge in [0.2, 0.25) is 5.91 Å². The number of amides is 1. The van der Waals surface area contributed by atoms with E-state index in [2.05, 4.69) is 34.8 Å². The molecule has 1 heterocycles. The van der Waals surface area contributed by atoms with Crippen LogP contribution in [0.1, 0.15) is 39.0 Å². The van der Waals surface area contributed by atoms with Crippen LogP contribution in [-0.2, 0) is 4.79 Å². The minimum Gasteiger partial charge on any atom is -0.343 e. The van der Waals surface area contributed by atoms with E-state index >= 15 is 0 Å². The molecule has 1 rings (SSSR count). The number of hydrogen-bond acceptors (Lipinski definition) is 2. The molecule has 1 aliphatic heterocycles. The number of piperidine rings is 1. The number of carbonyl (C=O) groups is 1. The summed E-state index contributed by atoms with van der Waals surface area (Å²) in [5.41, 5.74) is 0. The Kier molecular flexibility index (Phi) is 7.91. The zero-order chi connectivity index (χ0) is 13.4. The maximum Gasteiger partial charge on any atom is 0.223 e. The van der Waals surface area contributed by atoms with Crippen molar-refractivity contribution >= 4 is 21.8 Å². The van der Waals surface area contributed by atoms with Crippen molar-refractivity contribution in [1.29, 1.82) is 0 Å². The number of carbonyl (C=O) groups excluding carboxylic acids is 1. The number of likely N-dealkylation sites (tertiary alicyclic amines) is 1. The van der Waals surface area contributed by atoms with E-state index in [0.717, 1.165) is 24.3 Å². The normalized spacial score (nSPS) is 17.4. The van der Waals surface area contributed by atoms with Gasteiger partial charge in [-0.25, -0.2) is 0 Å². The van der Waals surface area contributed by atoms with Crippen LogP contribution in [0.4, 0.5) is 0 Å². The standard InChI is InChI=1S/C14H27BrN2O/c1-3-4-9-16(2)12-13-6-10-17(11-7-13)14(18)5-8-15/h13H,3-12H2,1-2H3. The van der Waals surface area contributed by atoms with E-state index in [1.807, 2.05) is 4.90 Å². The van der Waals surface area contributed by atoms with Gasteiger partial charge in [0, 0.05) is 31.4 Å². The Morgan fingerprint density at radius 3 is 2.61 bits per heavy atom. The Bertz CT molecular complexity index is 240. The molecule has 0 aromatic heterocycles. The largest absolute Gasteiger partial charge is 0.343 e. The van der Waals surface area contributed by atoms with E-state index in [0.29, 0.717) is 12.3 Å². The Labute approximate surface area is 120 Å². The summed E-state index contributed by atoms with van der Waals surface area (Å²) in [5.74, 6) is 1.09.